The molecule has 1 aromatic rings. The summed E-state index contributed by atoms with van der Waals surface area (Å²) in [4.78, 5) is 0. The van der Waals surface area contributed by atoms with Gasteiger partial charge in [-0.15, -0.1) is 0 Å². The summed E-state index contributed by atoms with van der Waals surface area (Å²) >= 11 is 0. The normalized spacial score (nSPS) is 18.9. The lowest BCUT2D eigenvalue weighted by molar-refractivity contribution is 0.574. The maximum Gasteiger partial charge on any atom is 0.124 e. The van der Waals surface area contributed by atoms with E-state index in [1.54, 1.807) is 6.07 Å². The highest BCUT2D eigenvalue weighted by Gasteiger charge is 2.13. The number of nitrogens with zero attached hydrogens (tertiary/aromatic N) is 1. The van der Waals surface area contributed by atoms with Crippen molar-refractivity contribution in [3.05, 3.63) is 29.6 Å². The molecule has 0 amide bonds. The number of anilines is 1. The molecule has 0 saturated carbocycles. The van der Waals surface area contributed by atoms with Gasteiger partial charge in [0, 0.05) is 12.6 Å². The molecule has 0 spiro atoms. The molecule has 1 atom stereocenters. The van der Waals surface area contributed by atoms with Gasteiger partial charge in [0.1, 0.15) is 11.9 Å². The van der Waals surface area contributed by atoms with Crippen LogP contribution in [0.3, 0.4) is 0 Å². The van der Waals surface area contributed by atoms with Crippen molar-refractivity contribution in [1.29, 1.82) is 5.26 Å². The summed E-state index contributed by atoms with van der Waals surface area (Å²) in [5.41, 5.74) is 1.08. The highest BCUT2D eigenvalue weighted by Crippen LogP contribution is 2.16. The molecule has 1 aliphatic rings. The van der Waals surface area contributed by atoms with Crippen molar-refractivity contribution < 1.29 is 4.39 Å². The van der Waals surface area contributed by atoms with Gasteiger partial charge in [0.25, 0.3) is 0 Å². The van der Waals surface area contributed by atoms with Crippen LogP contribution in [0.4, 0.5) is 10.1 Å². The molecule has 1 aliphatic heterocycles. The Morgan fingerprint density at radius 3 is 3.12 bits per heavy atom. The second-order valence-electron chi connectivity index (χ2n) is 4.31. The van der Waals surface area contributed by atoms with Gasteiger partial charge < -0.3 is 10.6 Å². The quantitative estimate of drug-likeness (QED) is 0.838. The van der Waals surface area contributed by atoms with Crippen LogP contribution < -0.4 is 10.6 Å². The number of hydrogen-bond acceptors (Lipinski definition) is 3. The highest BCUT2D eigenvalue weighted by atomic mass is 19.1. The van der Waals surface area contributed by atoms with Crippen molar-refractivity contribution in [3.8, 4) is 6.07 Å². The molecule has 0 bridgehead atoms. The third-order valence-corrected chi connectivity index (χ3v) is 3.07. The molecule has 1 fully saturated rings. The van der Waals surface area contributed by atoms with E-state index in [-0.39, 0.29) is 5.82 Å². The van der Waals surface area contributed by atoms with Gasteiger partial charge in [0.05, 0.1) is 11.3 Å². The molecule has 2 rings (SSSR count). The van der Waals surface area contributed by atoms with Gasteiger partial charge in [0.15, 0.2) is 0 Å². The molecule has 1 heterocycles. The summed E-state index contributed by atoms with van der Waals surface area (Å²) in [6, 6.07) is 6.83. The first-order chi connectivity index (χ1) is 8.29. The average Bonchev–Trinajstić information content (AvgIpc) is 2.84. The van der Waals surface area contributed by atoms with Crippen LogP contribution in [0, 0.1) is 17.1 Å². The second kappa shape index (κ2) is 5.65. The minimum absolute atomic E-state index is 0.365. The molecular weight excluding hydrogens is 217 g/mol. The van der Waals surface area contributed by atoms with Crippen LogP contribution >= 0.6 is 0 Å². The standard InChI is InChI=1S/C13H16FN3/c14-11-3-4-13(10(8-11)9-15)17-7-5-12-2-1-6-16-12/h3-4,8,12,16-17H,1-2,5-7H2/t12-/m0/s1. The van der Waals surface area contributed by atoms with E-state index in [4.69, 9.17) is 5.26 Å². The van der Waals surface area contributed by atoms with E-state index in [1.165, 1.54) is 25.0 Å². The molecular formula is C13H16FN3. The van der Waals surface area contributed by atoms with Gasteiger partial charge in [-0.25, -0.2) is 4.39 Å². The summed E-state index contributed by atoms with van der Waals surface area (Å²) in [7, 11) is 0. The Kier molecular flexibility index (Phi) is 3.94. The van der Waals surface area contributed by atoms with Crippen LogP contribution in [0.1, 0.15) is 24.8 Å². The number of nitriles is 1. The van der Waals surface area contributed by atoms with E-state index >= 15 is 0 Å². The highest BCUT2D eigenvalue weighted by molar-refractivity contribution is 5.57. The van der Waals surface area contributed by atoms with Crippen molar-refractivity contribution in [2.45, 2.75) is 25.3 Å². The largest absolute Gasteiger partial charge is 0.384 e. The molecule has 4 heteroatoms. The Hall–Kier alpha value is -1.60. The summed E-state index contributed by atoms with van der Waals surface area (Å²) in [5.74, 6) is -0.371. The number of nitrogens with one attached hydrogen (secondary N) is 2. The van der Waals surface area contributed by atoms with Crippen LogP contribution in [0.15, 0.2) is 18.2 Å². The van der Waals surface area contributed by atoms with E-state index in [0.717, 1.165) is 19.5 Å². The first kappa shape index (κ1) is 11.9. The van der Waals surface area contributed by atoms with Crippen molar-refractivity contribution >= 4 is 5.69 Å². The zero-order valence-corrected chi connectivity index (χ0v) is 9.67. The Labute approximate surface area is 101 Å². The first-order valence-corrected chi connectivity index (χ1v) is 5.96. The SMILES string of the molecule is N#Cc1cc(F)ccc1NCC[C@@H]1CCCN1. The van der Waals surface area contributed by atoms with Crippen molar-refractivity contribution in [2.24, 2.45) is 0 Å². The van der Waals surface area contributed by atoms with E-state index < -0.39 is 0 Å². The molecule has 90 valence electrons. The minimum Gasteiger partial charge on any atom is -0.384 e. The van der Waals surface area contributed by atoms with Gasteiger partial charge in [-0.1, -0.05) is 0 Å². The maximum absolute atomic E-state index is 12.9. The fourth-order valence-electron chi connectivity index (χ4n) is 2.15. The molecule has 0 aromatic heterocycles. The molecule has 1 saturated heterocycles. The Balaban J connectivity index is 1.88. The number of halogens is 1. The van der Waals surface area contributed by atoms with E-state index in [9.17, 15) is 4.39 Å². The van der Waals surface area contributed by atoms with Crippen molar-refractivity contribution in [2.75, 3.05) is 18.4 Å². The van der Waals surface area contributed by atoms with Crippen molar-refractivity contribution in [1.82, 2.24) is 5.32 Å². The molecule has 3 nitrogen and oxygen atoms in total. The molecule has 0 unspecified atom stereocenters. The fraction of sp³-hybridized carbons (Fsp3) is 0.462. The van der Waals surface area contributed by atoms with Crippen LogP contribution in [0.2, 0.25) is 0 Å². The van der Waals surface area contributed by atoms with Gasteiger partial charge in [-0.05, 0) is 44.0 Å². The monoisotopic (exact) mass is 233 g/mol. The van der Waals surface area contributed by atoms with Gasteiger partial charge in [-0.2, -0.15) is 5.26 Å². The zero-order valence-electron chi connectivity index (χ0n) is 9.67. The predicted molar refractivity (Wildman–Crippen MR) is 65.2 cm³/mol. The van der Waals surface area contributed by atoms with E-state index in [2.05, 4.69) is 10.6 Å². The fourth-order valence-corrected chi connectivity index (χ4v) is 2.15. The number of rotatable bonds is 4. The molecule has 2 N–H and O–H groups in total. The minimum atomic E-state index is -0.371. The summed E-state index contributed by atoms with van der Waals surface area (Å²) in [6.07, 6.45) is 3.49. The van der Waals surface area contributed by atoms with Crippen LogP contribution in [0.25, 0.3) is 0 Å². The summed E-state index contributed by atoms with van der Waals surface area (Å²) < 4.78 is 12.9. The third-order valence-electron chi connectivity index (χ3n) is 3.07. The van der Waals surface area contributed by atoms with Crippen LogP contribution in [-0.2, 0) is 0 Å². The zero-order chi connectivity index (χ0) is 12.1. The smallest absolute Gasteiger partial charge is 0.124 e. The molecule has 0 aliphatic carbocycles. The summed E-state index contributed by atoms with van der Waals surface area (Å²) in [5, 5.41) is 15.5. The van der Waals surface area contributed by atoms with E-state index in [1.807, 2.05) is 6.07 Å². The summed E-state index contributed by atoms with van der Waals surface area (Å²) in [6.45, 7) is 1.91. The van der Waals surface area contributed by atoms with Gasteiger partial charge in [0.2, 0.25) is 0 Å². The molecule has 0 radical (unpaired) electrons. The molecule has 17 heavy (non-hydrogen) atoms. The maximum atomic E-state index is 12.9. The topological polar surface area (TPSA) is 47.9 Å². The predicted octanol–water partition coefficient (Wildman–Crippen LogP) is 2.25. The Morgan fingerprint density at radius 1 is 1.53 bits per heavy atom. The Morgan fingerprint density at radius 2 is 2.41 bits per heavy atom. The third kappa shape index (κ3) is 3.18. The lowest BCUT2D eigenvalue weighted by Crippen LogP contribution is -2.24. The van der Waals surface area contributed by atoms with Gasteiger partial charge in [-0.3, -0.25) is 0 Å². The van der Waals surface area contributed by atoms with Crippen LogP contribution in [0.5, 0.6) is 0 Å². The van der Waals surface area contributed by atoms with Crippen molar-refractivity contribution in [3.63, 3.8) is 0 Å². The Bertz CT molecular complexity index is 419. The lowest BCUT2D eigenvalue weighted by Gasteiger charge is -2.12. The second-order valence-corrected chi connectivity index (χ2v) is 4.31. The lowest BCUT2D eigenvalue weighted by atomic mass is 10.1. The van der Waals surface area contributed by atoms with Crippen LogP contribution in [-0.4, -0.2) is 19.1 Å². The number of hydrogen-bond donors (Lipinski definition) is 2. The average molecular weight is 233 g/mol. The van der Waals surface area contributed by atoms with Gasteiger partial charge >= 0.3 is 0 Å². The molecule has 1 aromatic carbocycles. The first-order valence-electron chi connectivity index (χ1n) is 5.96. The van der Waals surface area contributed by atoms with E-state index in [0.29, 0.717) is 17.3 Å². The number of benzene rings is 1.